The third-order valence-corrected chi connectivity index (χ3v) is 7.39. The van der Waals surface area contributed by atoms with Crippen LogP contribution in [0.25, 0.3) is 16.6 Å². The van der Waals surface area contributed by atoms with Crippen LogP contribution in [0.15, 0.2) is 83.1 Å². The van der Waals surface area contributed by atoms with Gasteiger partial charge in [-0.05, 0) is 81.2 Å². The first kappa shape index (κ1) is 22.8. The molecule has 1 N–H and O–H groups in total. The molecule has 8 heteroatoms. The minimum Gasteiger partial charge on any atom is -0.472 e. The Labute approximate surface area is 210 Å². The van der Waals surface area contributed by atoms with Gasteiger partial charge in [-0.15, -0.1) is 10.2 Å². The molecule has 0 saturated carbocycles. The fraction of sp³-hybridized carbons (Fsp3) is 0.357. The van der Waals surface area contributed by atoms with Gasteiger partial charge in [0, 0.05) is 53.0 Å². The van der Waals surface area contributed by atoms with Gasteiger partial charge in [-0.3, -0.25) is 9.47 Å². The van der Waals surface area contributed by atoms with E-state index in [-0.39, 0.29) is 0 Å². The smallest absolute Gasteiger partial charge is 0.123 e. The summed E-state index contributed by atoms with van der Waals surface area (Å²) in [4.78, 5) is 8.63. The molecule has 1 saturated heterocycles. The number of likely N-dealkylation sites (tertiary alicyclic amines) is 1. The number of rotatable bonds is 10. The van der Waals surface area contributed by atoms with Crippen LogP contribution in [0.2, 0.25) is 0 Å². The largest absolute Gasteiger partial charge is 0.472 e. The van der Waals surface area contributed by atoms with Gasteiger partial charge in [-0.1, -0.05) is 0 Å². The number of fused-ring (bicyclic) bond motifs is 1. The summed E-state index contributed by atoms with van der Waals surface area (Å²) in [6.45, 7) is 5.23. The number of benzene rings is 1. The number of aryl methyl sites for hydroxylation is 1. The lowest BCUT2D eigenvalue weighted by molar-refractivity contribution is 0.0957. The van der Waals surface area contributed by atoms with E-state index in [1.165, 1.54) is 40.4 Å². The number of piperidine rings is 1. The van der Waals surface area contributed by atoms with Gasteiger partial charge in [0.05, 0.1) is 25.1 Å². The molecule has 5 aromatic rings. The molecule has 4 aromatic heterocycles. The molecular weight excluding hydrogens is 452 g/mol. The first-order valence-electron chi connectivity index (χ1n) is 12.8. The fourth-order valence-corrected chi connectivity index (χ4v) is 5.42. The summed E-state index contributed by atoms with van der Waals surface area (Å²) in [7, 11) is 0. The summed E-state index contributed by atoms with van der Waals surface area (Å²) in [6, 6.07) is 11.2. The molecule has 0 radical (unpaired) electrons. The Hall–Kier alpha value is -3.62. The van der Waals surface area contributed by atoms with Gasteiger partial charge in [0.1, 0.15) is 12.7 Å². The quantitative estimate of drug-likeness (QED) is 0.299. The lowest BCUT2D eigenvalue weighted by Gasteiger charge is -2.38. The minimum atomic E-state index is 0.566. The Bertz CT molecular complexity index is 1300. The molecule has 1 fully saturated rings. The topological polar surface area (TPSA) is 79.3 Å². The van der Waals surface area contributed by atoms with E-state index in [4.69, 9.17) is 8.83 Å². The van der Waals surface area contributed by atoms with Crippen molar-refractivity contribution in [2.24, 2.45) is 0 Å². The van der Waals surface area contributed by atoms with E-state index < -0.39 is 0 Å². The van der Waals surface area contributed by atoms with Crippen LogP contribution in [0.5, 0.6) is 0 Å². The predicted molar refractivity (Wildman–Crippen MR) is 138 cm³/mol. The second-order valence-corrected chi connectivity index (χ2v) is 9.76. The van der Waals surface area contributed by atoms with Crippen molar-refractivity contribution in [3.05, 3.63) is 90.9 Å². The lowest BCUT2D eigenvalue weighted by Crippen LogP contribution is -2.44. The number of aromatic amines is 1. The molecule has 186 valence electrons. The van der Waals surface area contributed by atoms with E-state index >= 15 is 0 Å². The first-order chi connectivity index (χ1) is 17.8. The molecule has 0 bridgehead atoms. The molecule has 6 rings (SSSR count). The highest BCUT2D eigenvalue weighted by Gasteiger charge is 2.25. The number of hydrogen-bond acceptors (Lipinski definition) is 6. The maximum atomic E-state index is 5.32. The molecule has 1 aromatic carbocycles. The number of aromatic nitrogens is 4. The highest BCUT2D eigenvalue weighted by atomic mass is 16.3. The molecular formula is C28H32N6O2. The number of nitrogens with one attached hydrogen (secondary N) is 1. The second kappa shape index (κ2) is 10.6. The molecule has 0 atom stereocenters. The molecule has 8 nitrogen and oxygen atoms in total. The van der Waals surface area contributed by atoms with E-state index in [0.717, 1.165) is 51.3 Å². The van der Waals surface area contributed by atoms with Crippen LogP contribution < -0.4 is 0 Å². The monoisotopic (exact) mass is 484 g/mol. The van der Waals surface area contributed by atoms with Crippen molar-refractivity contribution >= 4 is 10.9 Å². The number of nitrogens with zero attached hydrogens (tertiary/aromatic N) is 5. The van der Waals surface area contributed by atoms with E-state index in [1.807, 2.05) is 17.1 Å². The Kier molecular flexibility index (Phi) is 6.69. The summed E-state index contributed by atoms with van der Waals surface area (Å²) >= 11 is 0. The van der Waals surface area contributed by atoms with Gasteiger partial charge in [0.2, 0.25) is 0 Å². The van der Waals surface area contributed by atoms with E-state index in [1.54, 1.807) is 25.2 Å². The lowest BCUT2D eigenvalue weighted by atomic mass is 10.0. The zero-order chi connectivity index (χ0) is 24.2. The molecule has 1 aliphatic rings. The standard InChI is InChI=1S/C28H32N6O2/c1(2-24-15-29-28-4-3-26(14-27(24)28)34-20-30-31-21-34)9-32-10-5-25(6-11-32)33(16-22-7-12-35-18-22)17-23-8-13-36-19-23/h3-4,7-8,12-15,18-21,25,29H,1-2,5-6,9-11,16-17H2. The summed E-state index contributed by atoms with van der Waals surface area (Å²) in [5, 5.41) is 9.15. The van der Waals surface area contributed by atoms with Gasteiger partial charge >= 0.3 is 0 Å². The van der Waals surface area contributed by atoms with Crippen molar-refractivity contribution in [2.75, 3.05) is 19.6 Å². The Morgan fingerprint density at radius 3 is 2.33 bits per heavy atom. The Balaban J connectivity index is 1.03. The third-order valence-electron chi connectivity index (χ3n) is 7.39. The molecule has 5 heterocycles. The van der Waals surface area contributed by atoms with Gasteiger partial charge in [-0.25, -0.2) is 0 Å². The van der Waals surface area contributed by atoms with E-state index in [2.05, 4.69) is 61.5 Å². The van der Waals surface area contributed by atoms with Crippen LogP contribution in [-0.2, 0) is 19.5 Å². The molecule has 36 heavy (non-hydrogen) atoms. The van der Waals surface area contributed by atoms with Crippen LogP contribution >= 0.6 is 0 Å². The van der Waals surface area contributed by atoms with Gasteiger partial charge in [-0.2, -0.15) is 0 Å². The Morgan fingerprint density at radius 1 is 0.944 bits per heavy atom. The second-order valence-electron chi connectivity index (χ2n) is 9.76. The highest BCUT2D eigenvalue weighted by molar-refractivity contribution is 5.85. The summed E-state index contributed by atoms with van der Waals surface area (Å²) in [5.74, 6) is 0. The van der Waals surface area contributed by atoms with E-state index in [9.17, 15) is 0 Å². The van der Waals surface area contributed by atoms with Crippen LogP contribution in [0, 0.1) is 0 Å². The molecule has 1 aliphatic heterocycles. The van der Waals surface area contributed by atoms with Gasteiger partial charge < -0.3 is 18.7 Å². The highest BCUT2D eigenvalue weighted by Crippen LogP contribution is 2.25. The average molecular weight is 485 g/mol. The van der Waals surface area contributed by atoms with Crippen molar-refractivity contribution in [1.82, 2.24) is 29.5 Å². The normalized spacial score (nSPS) is 15.4. The van der Waals surface area contributed by atoms with Crippen LogP contribution in [0.4, 0.5) is 0 Å². The summed E-state index contributed by atoms with van der Waals surface area (Å²) in [6.07, 6.45) is 17.5. The van der Waals surface area contributed by atoms with Gasteiger partial charge in [0.15, 0.2) is 0 Å². The Morgan fingerprint density at radius 2 is 1.67 bits per heavy atom. The zero-order valence-electron chi connectivity index (χ0n) is 20.4. The molecule has 0 unspecified atom stereocenters. The SMILES string of the molecule is c1cc(CN(Cc2ccoc2)C2CCN(CCCc3c[nH]c4ccc(-n5cnnc5)cc34)CC2)co1. The average Bonchev–Trinajstić information content (AvgIpc) is 3.73. The number of H-pyrrole nitrogens is 1. The van der Waals surface area contributed by atoms with Crippen molar-refractivity contribution in [3.63, 3.8) is 0 Å². The molecule has 0 aliphatic carbocycles. The van der Waals surface area contributed by atoms with Crippen molar-refractivity contribution in [3.8, 4) is 5.69 Å². The number of hydrogen-bond donors (Lipinski definition) is 1. The third kappa shape index (κ3) is 5.15. The van der Waals surface area contributed by atoms with Gasteiger partial charge in [0.25, 0.3) is 0 Å². The fourth-order valence-electron chi connectivity index (χ4n) is 5.42. The van der Waals surface area contributed by atoms with Crippen molar-refractivity contribution in [2.45, 2.75) is 44.8 Å². The predicted octanol–water partition coefficient (Wildman–Crippen LogP) is 5.03. The van der Waals surface area contributed by atoms with Crippen molar-refractivity contribution < 1.29 is 8.83 Å². The number of furan rings is 2. The summed E-state index contributed by atoms with van der Waals surface area (Å²) in [5.41, 5.74) is 6.10. The van der Waals surface area contributed by atoms with Crippen molar-refractivity contribution in [1.29, 1.82) is 0 Å². The van der Waals surface area contributed by atoms with Crippen LogP contribution in [0.1, 0.15) is 36.0 Å². The minimum absolute atomic E-state index is 0.566. The maximum absolute atomic E-state index is 5.32. The summed E-state index contributed by atoms with van der Waals surface area (Å²) < 4.78 is 12.6. The maximum Gasteiger partial charge on any atom is 0.123 e. The van der Waals surface area contributed by atoms with Crippen LogP contribution in [0.3, 0.4) is 0 Å². The zero-order valence-corrected chi connectivity index (χ0v) is 20.4. The first-order valence-corrected chi connectivity index (χ1v) is 12.8. The molecule has 0 amide bonds. The van der Waals surface area contributed by atoms with E-state index in [0.29, 0.717) is 6.04 Å². The van der Waals surface area contributed by atoms with Crippen LogP contribution in [-0.4, -0.2) is 55.2 Å². The molecule has 0 spiro atoms.